The number of nitrogens with one attached hydrogen (secondary N) is 8. The minimum atomic E-state index is -2.01. The zero-order chi connectivity index (χ0) is 48.7. The summed E-state index contributed by atoms with van der Waals surface area (Å²) in [5.41, 5.74) is 17.2. The van der Waals surface area contributed by atoms with Crippen molar-refractivity contribution in [3.8, 4) is 5.75 Å². The molecule has 26 heteroatoms. The molecule has 26 nitrogen and oxygen atoms in total. The van der Waals surface area contributed by atoms with Crippen LogP contribution in [0.3, 0.4) is 0 Å². The van der Waals surface area contributed by atoms with Gasteiger partial charge in [-0.2, -0.15) is 0 Å². The molecule has 7 atom stereocenters. The van der Waals surface area contributed by atoms with E-state index >= 15 is 0 Å². The van der Waals surface area contributed by atoms with Crippen molar-refractivity contribution in [2.45, 2.75) is 114 Å². The highest BCUT2D eigenvalue weighted by Gasteiger charge is 2.35. The maximum absolute atomic E-state index is 14.1. The van der Waals surface area contributed by atoms with Crippen LogP contribution in [0.4, 0.5) is 0 Å². The molecule has 1 aromatic carbocycles. The van der Waals surface area contributed by atoms with Crippen molar-refractivity contribution in [1.29, 1.82) is 5.41 Å². The molecule has 64 heavy (non-hydrogen) atoms. The number of rotatable bonds is 30. The minimum absolute atomic E-state index is 0.0922. The molecule has 0 bridgehead atoms. The van der Waals surface area contributed by atoms with Gasteiger partial charge in [-0.1, -0.05) is 26.0 Å². The highest BCUT2D eigenvalue weighted by Crippen LogP contribution is 2.13. The lowest BCUT2D eigenvalue weighted by Gasteiger charge is -2.27. The molecule has 0 heterocycles. The number of aliphatic carboxylic acids is 4. The van der Waals surface area contributed by atoms with Crippen molar-refractivity contribution < 1.29 is 73.5 Å². The first-order chi connectivity index (χ1) is 29.9. The Balaban J connectivity index is 3.57. The molecule has 6 amide bonds. The van der Waals surface area contributed by atoms with Crippen molar-refractivity contribution in [2.75, 3.05) is 13.1 Å². The monoisotopic (exact) mass is 909 g/mol. The van der Waals surface area contributed by atoms with E-state index in [9.17, 15) is 68.4 Å². The van der Waals surface area contributed by atoms with Gasteiger partial charge in [0.1, 0.15) is 42.0 Å². The van der Waals surface area contributed by atoms with Crippen LogP contribution in [0.1, 0.15) is 70.8 Å². The summed E-state index contributed by atoms with van der Waals surface area (Å²) in [4.78, 5) is 127. The second kappa shape index (κ2) is 27.8. The van der Waals surface area contributed by atoms with E-state index in [1.165, 1.54) is 24.3 Å². The third-order valence-electron chi connectivity index (χ3n) is 9.24. The van der Waals surface area contributed by atoms with E-state index in [2.05, 4.69) is 31.9 Å². The van der Waals surface area contributed by atoms with Crippen LogP contribution < -0.4 is 54.4 Å². The summed E-state index contributed by atoms with van der Waals surface area (Å²) < 4.78 is 0. The van der Waals surface area contributed by atoms with Gasteiger partial charge in [0.25, 0.3) is 0 Å². The number of nitrogens with two attached hydrogens (primary N) is 3. The van der Waals surface area contributed by atoms with E-state index in [-0.39, 0.29) is 62.8 Å². The predicted molar refractivity (Wildman–Crippen MR) is 223 cm³/mol. The average Bonchev–Trinajstić information content (AvgIpc) is 3.20. The molecule has 0 aliphatic carbocycles. The molecule has 0 aromatic heterocycles. The summed E-state index contributed by atoms with van der Waals surface area (Å²) in [5.74, 6) is -14.1. The van der Waals surface area contributed by atoms with Crippen molar-refractivity contribution in [2.24, 2.45) is 23.1 Å². The summed E-state index contributed by atoms with van der Waals surface area (Å²) in [6.45, 7) is 3.54. The summed E-state index contributed by atoms with van der Waals surface area (Å²) in [5, 5.41) is 70.8. The molecule has 0 radical (unpaired) electrons. The SMILES string of the molecule is CC(C)[C@H](N)C(=O)N[C@@H](CCCNC(=N)N)C(=O)N[C@@H](CC(=O)O)C(=O)N[C@@H](Cc1ccc(O)cc1)C(=O)N[C@@H](CCCCN)C(=O)N[C@@H](CC(=O)O)C(=O)N[C@@H](CC(=O)O)C(=O)O. The zero-order valence-electron chi connectivity index (χ0n) is 35.3. The van der Waals surface area contributed by atoms with Crippen molar-refractivity contribution >= 4 is 65.3 Å². The van der Waals surface area contributed by atoms with E-state index in [0.29, 0.717) is 12.0 Å². The zero-order valence-corrected chi connectivity index (χ0v) is 35.3. The van der Waals surface area contributed by atoms with Gasteiger partial charge in [-0.15, -0.1) is 0 Å². The highest BCUT2D eigenvalue weighted by atomic mass is 16.4. The van der Waals surface area contributed by atoms with Gasteiger partial charge in [-0.05, 0) is 62.3 Å². The molecule has 0 fully saturated rings. The van der Waals surface area contributed by atoms with Crippen LogP contribution in [0, 0.1) is 11.3 Å². The van der Waals surface area contributed by atoms with E-state index in [0.717, 1.165) is 0 Å². The van der Waals surface area contributed by atoms with Crippen molar-refractivity contribution in [3.63, 3.8) is 0 Å². The van der Waals surface area contributed by atoms with Gasteiger partial charge in [0.15, 0.2) is 5.96 Å². The smallest absolute Gasteiger partial charge is 0.326 e. The maximum Gasteiger partial charge on any atom is 0.326 e. The quantitative estimate of drug-likeness (QED) is 0.0197. The first-order valence-electron chi connectivity index (χ1n) is 20.0. The van der Waals surface area contributed by atoms with Crippen molar-refractivity contribution in [3.05, 3.63) is 29.8 Å². The second-order valence-electron chi connectivity index (χ2n) is 14.9. The van der Waals surface area contributed by atoms with Crippen LogP contribution in [-0.2, 0) is 54.4 Å². The Morgan fingerprint density at radius 1 is 0.578 bits per heavy atom. The van der Waals surface area contributed by atoms with Crippen LogP contribution in [-0.4, -0.2) is 146 Å². The van der Waals surface area contributed by atoms with Gasteiger partial charge >= 0.3 is 23.9 Å². The number of carbonyl (C=O) groups excluding carboxylic acids is 6. The van der Waals surface area contributed by atoms with Gasteiger partial charge < -0.3 is 80.0 Å². The Kier molecular flexibility index (Phi) is 23.8. The molecular formula is C38H59N11O15. The molecule has 0 saturated heterocycles. The number of carboxylic acid groups (broad SMARTS) is 4. The van der Waals surface area contributed by atoms with Crippen LogP contribution in [0.15, 0.2) is 24.3 Å². The predicted octanol–water partition coefficient (Wildman–Crippen LogP) is -4.27. The fourth-order valence-electron chi connectivity index (χ4n) is 5.71. The van der Waals surface area contributed by atoms with Crippen LogP contribution in [0.2, 0.25) is 0 Å². The normalized spacial score (nSPS) is 14.1. The second-order valence-corrected chi connectivity index (χ2v) is 14.9. The van der Waals surface area contributed by atoms with Gasteiger partial charge in [0.2, 0.25) is 35.4 Å². The number of hydrogen-bond acceptors (Lipinski definition) is 14. The fourth-order valence-corrected chi connectivity index (χ4v) is 5.71. The van der Waals surface area contributed by atoms with Crippen LogP contribution in [0.25, 0.3) is 0 Å². The number of benzene rings is 1. The number of aromatic hydroxyl groups is 1. The molecule has 0 unspecified atom stereocenters. The summed E-state index contributed by atoms with van der Waals surface area (Å²) >= 11 is 0. The number of carboxylic acids is 4. The number of phenols is 1. The lowest BCUT2D eigenvalue weighted by atomic mass is 10.0. The fraction of sp³-hybridized carbons (Fsp3) is 0.553. The van der Waals surface area contributed by atoms with E-state index in [1.807, 2.05) is 5.32 Å². The van der Waals surface area contributed by atoms with Crippen LogP contribution >= 0.6 is 0 Å². The molecule has 356 valence electrons. The molecular weight excluding hydrogens is 850 g/mol. The summed E-state index contributed by atoms with van der Waals surface area (Å²) in [7, 11) is 0. The molecule has 0 spiro atoms. The topological polar surface area (TPSA) is 458 Å². The standard InChI is InChI=1S/C38H59N11O15/c1-18(2)30(40)36(62)45-22(7-5-13-43-38(41)42)32(58)47-24(15-27(51)52)34(60)46-23(14-19-8-10-20(50)11-9-19)33(59)44-21(6-3-4-12-39)31(57)48-25(16-28(53)54)35(61)49-26(37(63)64)17-29(55)56/h8-11,18,21-26,30,50H,3-7,12-17,39-40H2,1-2H3,(H,44,59)(H,45,62)(H,46,60)(H,47,58)(H,48,57)(H,49,61)(H,51,52)(H,53,54)(H,55,56)(H,63,64)(H4,41,42,43)/t21-,22-,23-,24-,25-,26-,30-/m0/s1. The maximum atomic E-state index is 14.1. The Bertz CT molecular complexity index is 1830. The van der Waals surface area contributed by atoms with Gasteiger partial charge in [0.05, 0.1) is 25.3 Å². The summed E-state index contributed by atoms with van der Waals surface area (Å²) in [6.07, 6.45) is -3.29. The van der Waals surface area contributed by atoms with E-state index in [1.54, 1.807) is 13.8 Å². The van der Waals surface area contributed by atoms with E-state index < -0.39 is 121 Å². The third kappa shape index (κ3) is 21.1. The average molecular weight is 910 g/mol. The van der Waals surface area contributed by atoms with Crippen molar-refractivity contribution in [1.82, 2.24) is 37.2 Å². The van der Waals surface area contributed by atoms with Gasteiger partial charge in [0, 0.05) is 13.0 Å². The number of hydrogen-bond donors (Lipinski definition) is 16. The number of amides is 6. The lowest BCUT2D eigenvalue weighted by Crippen LogP contribution is -2.60. The number of unbranched alkanes of at least 4 members (excludes halogenated alkanes) is 1. The Morgan fingerprint density at radius 3 is 1.41 bits per heavy atom. The molecule has 0 aliphatic rings. The largest absolute Gasteiger partial charge is 0.508 e. The Morgan fingerprint density at radius 2 is 0.969 bits per heavy atom. The molecule has 0 saturated carbocycles. The van der Waals surface area contributed by atoms with Gasteiger partial charge in [-0.3, -0.25) is 48.6 Å². The van der Waals surface area contributed by atoms with Gasteiger partial charge in [-0.25, -0.2) is 4.79 Å². The first kappa shape index (κ1) is 54.9. The molecule has 0 aliphatic heterocycles. The first-order valence-corrected chi connectivity index (χ1v) is 20.0. The third-order valence-corrected chi connectivity index (χ3v) is 9.24. The Labute approximate surface area is 366 Å². The van der Waals surface area contributed by atoms with Crippen LogP contribution in [0.5, 0.6) is 5.75 Å². The summed E-state index contributed by atoms with van der Waals surface area (Å²) in [6, 6.07) is -6.31. The minimum Gasteiger partial charge on any atom is -0.508 e. The molecule has 19 N–H and O–H groups in total. The lowest BCUT2D eigenvalue weighted by molar-refractivity contribution is -0.148. The number of phenolic OH excluding ortho intramolecular Hbond substituents is 1. The number of guanidine groups is 1. The molecule has 1 rings (SSSR count). The number of carbonyl (C=O) groups is 10. The Hall–Kier alpha value is -7.09. The van der Waals surface area contributed by atoms with E-state index in [4.69, 9.17) is 27.7 Å². The highest BCUT2D eigenvalue weighted by molar-refractivity contribution is 5.98. The molecule has 1 aromatic rings.